The summed E-state index contributed by atoms with van der Waals surface area (Å²) in [4.78, 5) is 28.9. The normalized spacial score (nSPS) is 45.3. The number of aliphatic hydroxyl groups is 1. The monoisotopic (exact) mass is 569 g/mol. The molecule has 39 heavy (non-hydrogen) atoms. The number of ketones is 2. The van der Waals surface area contributed by atoms with Crippen molar-refractivity contribution in [2.75, 3.05) is 19.3 Å². The van der Waals surface area contributed by atoms with E-state index in [2.05, 4.69) is 46.4 Å². The smallest absolute Gasteiger partial charge is 0.261 e. The Kier molecular flexibility index (Phi) is 8.08. The first-order valence-corrected chi connectivity index (χ1v) is 16.6. The number of hydrogen-bond acceptors (Lipinski definition) is 7. The van der Waals surface area contributed by atoms with Gasteiger partial charge in [-0.3, -0.25) is 19.0 Å². The van der Waals surface area contributed by atoms with Crippen LogP contribution in [0.25, 0.3) is 0 Å². The fourth-order valence-corrected chi connectivity index (χ4v) is 10.2. The molecule has 0 spiro atoms. The lowest BCUT2D eigenvalue weighted by Gasteiger charge is -2.62. The summed E-state index contributed by atoms with van der Waals surface area (Å²) in [7, 11) is -3.67. The Bertz CT molecular complexity index is 1060. The second-order valence-electron chi connectivity index (χ2n) is 15.3. The van der Waals surface area contributed by atoms with Gasteiger partial charge >= 0.3 is 0 Å². The molecule has 2 N–H and O–H groups in total. The summed E-state index contributed by atoms with van der Waals surface area (Å²) in [6.45, 7) is 16.5. The molecular weight excluding hydrogens is 518 g/mol. The van der Waals surface area contributed by atoms with Crippen molar-refractivity contribution < 1.29 is 32.4 Å². The fraction of sp³-hybridized carbons (Fsp3) is 0.933. The number of rotatable bonds is 2. The molecular formula is C30H51NO7S. The van der Waals surface area contributed by atoms with E-state index in [1.807, 2.05) is 0 Å². The van der Waals surface area contributed by atoms with Crippen LogP contribution in [0.4, 0.5) is 0 Å². The molecule has 8 nitrogen and oxygen atoms in total. The van der Waals surface area contributed by atoms with E-state index in [0.29, 0.717) is 36.2 Å². The number of fused-ring (bicyclic) bond motifs is 5. The SMILES string of the molecule is CC(=O)[C@H]1CC[C@H]2[C@@H]3CC[C@H]4C[C@H](O)[C@@H](N5CC(C)(C)OC(C)(C)C5)C[C@]4(C)[C@H]3C(=O)C[C@]12C.CS(=O)(=O)O. The summed E-state index contributed by atoms with van der Waals surface area (Å²) in [5.74, 6) is 2.08. The lowest BCUT2D eigenvalue weighted by Crippen LogP contribution is -2.66. The van der Waals surface area contributed by atoms with E-state index >= 15 is 0 Å². The van der Waals surface area contributed by atoms with Crippen molar-refractivity contribution in [1.82, 2.24) is 4.90 Å². The largest absolute Gasteiger partial charge is 0.391 e. The summed E-state index contributed by atoms with van der Waals surface area (Å²) in [6.07, 6.45) is 6.84. The van der Waals surface area contributed by atoms with Crippen LogP contribution in [-0.2, 0) is 24.4 Å². The van der Waals surface area contributed by atoms with Gasteiger partial charge in [0.1, 0.15) is 11.6 Å². The van der Waals surface area contributed by atoms with Crippen LogP contribution in [0, 0.1) is 40.4 Å². The highest BCUT2D eigenvalue weighted by molar-refractivity contribution is 7.85. The molecule has 5 fully saturated rings. The Hall–Kier alpha value is -0.870. The van der Waals surface area contributed by atoms with Crippen LogP contribution in [0.15, 0.2) is 0 Å². The summed E-state index contributed by atoms with van der Waals surface area (Å²) in [5, 5.41) is 11.4. The highest BCUT2D eigenvalue weighted by Crippen LogP contribution is 2.66. The number of morpholine rings is 1. The number of carbonyl (C=O) groups is 2. The van der Waals surface area contributed by atoms with Gasteiger partial charge in [-0.15, -0.1) is 0 Å². The molecule has 0 aromatic heterocycles. The van der Waals surface area contributed by atoms with E-state index in [-0.39, 0.29) is 51.8 Å². The lowest BCUT2D eigenvalue weighted by atomic mass is 9.43. The first-order chi connectivity index (χ1) is 17.7. The second kappa shape index (κ2) is 10.1. The molecule has 224 valence electrons. The standard InChI is InChI=1S/C29H47NO4.CH4O3S/c1-17(31)20-10-11-21-19-9-8-18-12-23(32)22(30-15-26(2,3)34-27(4,5)16-30)13-28(18,6)25(19)24(33)14-29(20,21)7;1-5(2,3)4/h18-23,25,32H,8-16H2,1-7H3;1H3,(H,2,3,4)/t18-,19-,20+,21-,22-,23-,25+,28-,29+;/m0./s1. The van der Waals surface area contributed by atoms with Gasteiger partial charge in [0, 0.05) is 37.4 Å². The highest BCUT2D eigenvalue weighted by atomic mass is 32.2. The van der Waals surface area contributed by atoms with Crippen LogP contribution in [0.3, 0.4) is 0 Å². The Labute approximate surface area is 235 Å². The molecule has 0 aromatic rings. The first-order valence-electron chi connectivity index (χ1n) is 14.7. The third kappa shape index (κ3) is 6.04. The maximum Gasteiger partial charge on any atom is 0.261 e. The molecule has 9 atom stereocenters. The molecule has 1 aliphatic heterocycles. The van der Waals surface area contributed by atoms with E-state index in [4.69, 9.17) is 9.29 Å². The van der Waals surface area contributed by atoms with Crippen molar-refractivity contribution in [3.05, 3.63) is 0 Å². The maximum absolute atomic E-state index is 14.0. The summed E-state index contributed by atoms with van der Waals surface area (Å²) >= 11 is 0. The molecule has 4 aliphatic carbocycles. The van der Waals surface area contributed by atoms with E-state index in [1.54, 1.807) is 6.92 Å². The molecule has 0 unspecified atom stereocenters. The van der Waals surface area contributed by atoms with Gasteiger partial charge in [-0.1, -0.05) is 13.8 Å². The minimum absolute atomic E-state index is 0.0478. The molecule has 1 heterocycles. The van der Waals surface area contributed by atoms with Crippen molar-refractivity contribution in [2.24, 2.45) is 40.4 Å². The average Bonchev–Trinajstić information content (AvgIpc) is 3.06. The van der Waals surface area contributed by atoms with Crippen LogP contribution in [0.2, 0.25) is 0 Å². The summed E-state index contributed by atoms with van der Waals surface area (Å²) < 4.78 is 32.2. The van der Waals surface area contributed by atoms with Crippen LogP contribution < -0.4 is 0 Å². The zero-order chi connectivity index (χ0) is 29.3. The van der Waals surface area contributed by atoms with Gasteiger partial charge in [0.2, 0.25) is 0 Å². The van der Waals surface area contributed by atoms with Crippen molar-refractivity contribution in [1.29, 1.82) is 0 Å². The molecule has 1 saturated heterocycles. The predicted octanol–water partition coefficient (Wildman–Crippen LogP) is 4.15. The molecule has 5 aliphatic rings. The lowest BCUT2D eigenvalue weighted by molar-refractivity contribution is -0.210. The quantitative estimate of drug-likeness (QED) is 0.476. The van der Waals surface area contributed by atoms with Gasteiger partial charge in [0.25, 0.3) is 10.1 Å². The first kappa shape index (κ1) is 31.1. The van der Waals surface area contributed by atoms with Crippen LogP contribution >= 0.6 is 0 Å². The minimum atomic E-state index is -3.67. The zero-order valence-electron chi connectivity index (χ0n) is 25.2. The molecule has 4 saturated carbocycles. The van der Waals surface area contributed by atoms with Crippen molar-refractivity contribution >= 4 is 21.7 Å². The maximum atomic E-state index is 14.0. The van der Waals surface area contributed by atoms with Crippen molar-refractivity contribution in [3.8, 4) is 0 Å². The number of carbonyl (C=O) groups excluding carboxylic acids is 2. The Morgan fingerprint density at radius 2 is 1.54 bits per heavy atom. The third-order valence-electron chi connectivity index (χ3n) is 11.0. The van der Waals surface area contributed by atoms with Gasteiger partial charge in [0.05, 0.1) is 23.6 Å². The van der Waals surface area contributed by atoms with E-state index in [1.165, 1.54) is 0 Å². The second-order valence-corrected chi connectivity index (χ2v) is 16.7. The van der Waals surface area contributed by atoms with Crippen molar-refractivity contribution in [3.63, 3.8) is 0 Å². The molecule has 5 rings (SSSR count). The molecule has 0 radical (unpaired) electrons. The average molecular weight is 570 g/mol. The number of ether oxygens (including phenoxy) is 1. The molecule has 0 amide bonds. The summed E-state index contributed by atoms with van der Waals surface area (Å²) in [6, 6.07) is 0.0668. The Morgan fingerprint density at radius 1 is 0.974 bits per heavy atom. The van der Waals surface area contributed by atoms with Gasteiger partial charge in [-0.25, -0.2) is 0 Å². The highest BCUT2D eigenvalue weighted by Gasteiger charge is 2.65. The fourth-order valence-electron chi connectivity index (χ4n) is 10.2. The van der Waals surface area contributed by atoms with E-state index in [9.17, 15) is 23.1 Å². The minimum Gasteiger partial charge on any atom is -0.391 e. The number of hydrogen-bond donors (Lipinski definition) is 2. The van der Waals surface area contributed by atoms with Crippen molar-refractivity contribution in [2.45, 2.75) is 117 Å². The number of Topliss-reactive ketones (excluding diaryl/α,β-unsaturated/α-hetero) is 2. The molecule has 0 bridgehead atoms. The Balaban J connectivity index is 0.000000648. The number of aliphatic hydroxyl groups excluding tert-OH is 1. The predicted molar refractivity (Wildman–Crippen MR) is 150 cm³/mol. The van der Waals surface area contributed by atoms with E-state index in [0.717, 1.165) is 51.6 Å². The summed E-state index contributed by atoms with van der Waals surface area (Å²) in [5.41, 5.74) is -0.754. The van der Waals surface area contributed by atoms with E-state index < -0.39 is 10.1 Å². The topological polar surface area (TPSA) is 121 Å². The van der Waals surface area contributed by atoms with Gasteiger partial charge < -0.3 is 9.84 Å². The molecule has 9 heteroatoms. The third-order valence-corrected chi connectivity index (χ3v) is 11.0. The van der Waals surface area contributed by atoms with Crippen LogP contribution in [-0.4, -0.2) is 77.2 Å². The van der Waals surface area contributed by atoms with Crippen LogP contribution in [0.1, 0.15) is 93.4 Å². The molecule has 0 aromatic carbocycles. The van der Waals surface area contributed by atoms with Gasteiger partial charge in [-0.2, -0.15) is 8.42 Å². The zero-order valence-corrected chi connectivity index (χ0v) is 26.0. The van der Waals surface area contributed by atoms with Crippen LogP contribution in [0.5, 0.6) is 0 Å². The van der Waals surface area contributed by atoms with Gasteiger partial charge in [-0.05, 0) is 102 Å². The number of nitrogens with zero attached hydrogens (tertiary/aromatic N) is 1. The Morgan fingerprint density at radius 3 is 2.08 bits per heavy atom. The van der Waals surface area contributed by atoms with Gasteiger partial charge in [0.15, 0.2) is 0 Å².